The zero-order chi connectivity index (χ0) is 26.5. The van der Waals surface area contributed by atoms with Crippen molar-refractivity contribution in [3.8, 4) is 17.6 Å². The number of nitrogens with zero attached hydrogens (tertiary/aromatic N) is 3. The summed E-state index contributed by atoms with van der Waals surface area (Å²) in [5, 5.41) is 13.1. The van der Waals surface area contributed by atoms with Crippen LogP contribution in [0, 0.1) is 18.3 Å². The Hall–Kier alpha value is -3.29. The first kappa shape index (κ1) is 26.8. The van der Waals surface area contributed by atoms with Gasteiger partial charge in [-0.1, -0.05) is 56.2 Å². The molecular formula is C27H30N4O4S2. The Kier molecular flexibility index (Phi) is 8.56. The van der Waals surface area contributed by atoms with Gasteiger partial charge in [0.1, 0.15) is 21.8 Å². The maximum Gasteiger partial charge on any atom is 0.270 e. The number of pyridine rings is 1. The summed E-state index contributed by atoms with van der Waals surface area (Å²) in [4.78, 5) is 28.5. The second kappa shape index (κ2) is 11.8. The number of unbranched alkanes of at least 4 members (excludes halogenated alkanes) is 3. The molecule has 0 aliphatic carbocycles. The van der Waals surface area contributed by atoms with E-state index in [4.69, 9.17) is 21.7 Å². The summed E-state index contributed by atoms with van der Waals surface area (Å²) in [6.07, 6.45) is 5.95. The second-order valence-corrected chi connectivity index (χ2v) is 10.5. The fourth-order valence-corrected chi connectivity index (χ4v) is 5.70. The molecule has 37 heavy (non-hydrogen) atoms. The van der Waals surface area contributed by atoms with Crippen molar-refractivity contribution >= 4 is 46.1 Å². The fraction of sp³-hybridized carbons (Fsp3) is 0.407. The first-order chi connectivity index (χ1) is 17.9. The average Bonchev–Trinajstić information content (AvgIpc) is 3.46. The number of rotatable bonds is 10. The van der Waals surface area contributed by atoms with Crippen molar-refractivity contribution in [3.63, 3.8) is 0 Å². The fourth-order valence-electron chi connectivity index (χ4n) is 4.41. The number of benzene rings is 1. The number of thioether (sulfide) groups is 1. The first-order valence-electron chi connectivity index (χ1n) is 12.4. The molecule has 0 bridgehead atoms. The highest BCUT2D eigenvalue weighted by atomic mass is 32.2. The highest BCUT2D eigenvalue weighted by Crippen LogP contribution is 2.36. The van der Waals surface area contributed by atoms with Crippen LogP contribution in [0.2, 0.25) is 0 Å². The monoisotopic (exact) mass is 538 g/mol. The van der Waals surface area contributed by atoms with Crippen molar-refractivity contribution in [1.29, 1.82) is 5.26 Å². The van der Waals surface area contributed by atoms with Crippen LogP contribution in [0.25, 0.3) is 6.08 Å². The van der Waals surface area contributed by atoms with Gasteiger partial charge in [-0.2, -0.15) is 5.26 Å². The van der Waals surface area contributed by atoms with Gasteiger partial charge < -0.3 is 14.8 Å². The lowest BCUT2D eigenvalue weighted by Gasteiger charge is -2.19. The Bertz CT molecular complexity index is 1360. The Labute approximate surface area is 226 Å². The number of anilines is 1. The summed E-state index contributed by atoms with van der Waals surface area (Å²) in [6, 6.07) is 7.72. The van der Waals surface area contributed by atoms with E-state index in [1.165, 1.54) is 16.3 Å². The molecule has 4 rings (SSSR count). The predicted octanol–water partition coefficient (Wildman–Crippen LogP) is 5.17. The molecule has 2 aromatic rings. The number of carbonyl (C=O) groups is 1. The molecule has 10 heteroatoms. The zero-order valence-corrected chi connectivity index (χ0v) is 22.9. The smallest absolute Gasteiger partial charge is 0.270 e. The normalized spacial score (nSPS) is 15.5. The Balaban J connectivity index is 1.69. The average molecular weight is 539 g/mol. The topological polar surface area (TPSA) is 96.6 Å². The van der Waals surface area contributed by atoms with Crippen LogP contribution < -0.4 is 20.3 Å². The molecule has 1 amide bonds. The largest absolute Gasteiger partial charge is 0.454 e. The first-order valence-corrected chi connectivity index (χ1v) is 13.7. The van der Waals surface area contributed by atoms with E-state index in [9.17, 15) is 14.9 Å². The van der Waals surface area contributed by atoms with Crippen molar-refractivity contribution in [2.45, 2.75) is 59.5 Å². The maximum atomic E-state index is 13.2. The van der Waals surface area contributed by atoms with Crippen LogP contribution >= 0.6 is 24.0 Å². The van der Waals surface area contributed by atoms with Crippen LogP contribution in [-0.2, 0) is 17.9 Å². The molecule has 1 aromatic heterocycles. The molecule has 1 saturated heterocycles. The van der Waals surface area contributed by atoms with Crippen LogP contribution in [-0.4, -0.2) is 33.0 Å². The summed E-state index contributed by atoms with van der Waals surface area (Å²) in [5.41, 5.74) is 1.79. The molecule has 0 spiro atoms. The predicted molar refractivity (Wildman–Crippen MR) is 150 cm³/mol. The van der Waals surface area contributed by atoms with Crippen LogP contribution in [0.4, 0.5) is 5.82 Å². The van der Waals surface area contributed by atoms with Gasteiger partial charge in [-0.05, 0) is 49.6 Å². The third-order valence-electron chi connectivity index (χ3n) is 6.47. The Morgan fingerprint density at radius 3 is 2.70 bits per heavy atom. The Morgan fingerprint density at radius 2 is 1.97 bits per heavy atom. The van der Waals surface area contributed by atoms with Gasteiger partial charge in [0, 0.05) is 25.2 Å². The zero-order valence-electron chi connectivity index (χ0n) is 21.3. The number of nitrogens with one attached hydrogen (secondary N) is 1. The Morgan fingerprint density at radius 1 is 1.19 bits per heavy atom. The number of thiocarbonyl (C=S) groups is 1. The number of carbonyl (C=O) groups excluding carboxylic acids is 1. The minimum absolute atomic E-state index is 0.0665. The van der Waals surface area contributed by atoms with E-state index in [0.717, 1.165) is 31.2 Å². The molecule has 2 aliphatic heterocycles. The van der Waals surface area contributed by atoms with Gasteiger partial charge >= 0.3 is 0 Å². The summed E-state index contributed by atoms with van der Waals surface area (Å²) in [7, 11) is 0. The molecule has 2 aliphatic rings. The molecule has 0 saturated carbocycles. The number of nitriles is 1. The summed E-state index contributed by atoms with van der Waals surface area (Å²) in [6.45, 7) is 7.28. The van der Waals surface area contributed by atoms with Crippen molar-refractivity contribution in [3.05, 3.63) is 55.7 Å². The van der Waals surface area contributed by atoms with Gasteiger partial charge in [0.25, 0.3) is 11.5 Å². The van der Waals surface area contributed by atoms with Gasteiger partial charge in [-0.15, -0.1) is 0 Å². The molecule has 0 unspecified atom stereocenters. The van der Waals surface area contributed by atoms with Gasteiger partial charge in [0.05, 0.1) is 4.91 Å². The number of hydrogen-bond donors (Lipinski definition) is 1. The molecule has 8 nitrogen and oxygen atoms in total. The van der Waals surface area contributed by atoms with Gasteiger partial charge in [-0.3, -0.25) is 19.1 Å². The molecule has 1 fully saturated rings. The SMILES string of the molecule is CCCCCCN1C(=O)/C(=C\c2c(C)c(C#N)c(=O)n(CC)c2NCc2ccc3c(c2)OCO3)SC1=S. The van der Waals surface area contributed by atoms with E-state index in [1.807, 2.05) is 25.1 Å². The lowest BCUT2D eigenvalue weighted by molar-refractivity contribution is -0.122. The highest BCUT2D eigenvalue weighted by Gasteiger charge is 2.32. The van der Waals surface area contributed by atoms with Crippen LogP contribution in [0.3, 0.4) is 0 Å². The summed E-state index contributed by atoms with van der Waals surface area (Å²) < 4.78 is 12.9. The van der Waals surface area contributed by atoms with E-state index in [2.05, 4.69) is 18.3 Å². The molecule has 1 N–H and O–H groups in total. The number of amides is 1. The van der Waals surface area contributed by atoms with Gasteiger partial charge in [0.2, 0.25) is 6.79 Å². The van der Waals surface area contributed by atoms with Crippen LogP contribution in [0.5, 0.6) is 11.5 Å². The summed E-state index contributed by atoms with van der Waals surface area (Å²) >= 11 is 6.77. The van der Waals surface area contributed by atoms with Crippen LogP contribution in [0.15, 0.2) is 27.9 Å². The number of fused-ring (bicyclic) bond motifs is 1. The highest BCUT2D eigenvalue weighted by molar-refractivity contribution is 8.26. The number of aromatic nitrogens is 1. The van der Waals surface area contributed by atoms with Crippen LogP contribution in [0.1, 0.15) is 61.8 Å². The number of ether oxygens (including phenoxy) is 2. The minimum atomic E-state index is -0.365. The second-order valence-electron chi connectivity index (χ2n) is 8.86. The molecule has 194 valence electrons. The molecular weight excluding hydrogens is 508 g/mol. The van der Waals surface area contributed by atoms with Crippen molar-refractivity contribution in [1.82, 2.24) is 9.47 Å². The maximum absolute atomic E-state index is 13.2. The van der Waals surface area contributed by atoms with E-state index in [-0.39, 0.29) is 23.8 Å². The van der Waals surface area contributed by atoms with E-state index >= 15 is 0 Å². The molecule has 0 radical (unpaired) electrons. The van der Waals surface area contributed by atoms with E-state index in [1.54, 1.807) is 17.9 Å². The third kappa shape index (κ3) is 5.53. The lowest BCUT2D eigenvalue weighted by Crippen LogP contribution is -2.29. The quantitative estimate of drug-likeness (QED) is 0.251. The van der Waals surface area contributed by atoms with E-state index < -0.39 is 0 Å². The molecule has 1 aromatic carbocycles. The number of hydrogen-bond acceptors (Lipinski definition) is 8. The van der Waals surface area contributed by atoms with Crippen molar-refractivity contribution < 1.29 is 14.3 Å². The van der Waals surface area contributed by atoms with Crippen molar-refractivity contribution in [2.75, 3.05) is 18.7 Å². The van der Waals surface area contributed by atoms with Crippen molar-refractivity contribution in [2.24, 2.45) is 0 Å². The molecule has 0 atom stereocenters. The van der Waals surface area contributed by atoms with Gasteiger partial charge in [-0.25, -0.2) is 0 Å². The summed E-state index contributed by atoms with van der Waals surface area (Å²) in [5.74, 6) is 1.78. The lowest BCUT2D eigenvalue weighted by atomic mass is 10.0. The van der Waals surface area contributed by atoms with Gasteiger partial charge in [0.15, 0.2) is 11.5 Å². The third-order valence-corrected chi connectivity index (χ3v) is 7.85. The standard InChI is InChI=1S/C27H30N4O4S2/c1-4-6-7-8-11-31-26(33)23(37-27(31)36)13-19-17(3)20(14-28)25(32)30(5-2)24(19)29-15-18-9-10-21-22(12-18)35-16-34-21/h9-10,12-13,29H,4-8,11,15-16H2,1-3H3/b23-13+. The van der Waals surface area contributed by atoms with E-state index in [0.29, 0.717) is 57.3 Å². The molecule has 3 heterocycles. The minimum Gasteiger partial charge on any atom is -0.454 e.